The van der Waals surface area contributed by atoms with Crippen LogP contribution < -0.4 is 0 Å². The minimum atomic E-state index is -0.604. The van der Waals surface area contributed by atoms with Crippen molar-refractivity contribution >= 4 is 5.57 Å². The predicted molar refractivity (Wildman–Crippen MR) is 45.6 cm³/mol. The Morgan fingerprint density at radius 1 is 1.17 bits per heavy atom. The van der Waals surface area contributed by atoms with Crippen molar-refractivity contribution in [2.24, 2.45) is 0 Å². The van der Waals surface area contributed by atoms with Crippen LogP contribution in [0.15, 0.2) is 37.4 Å². The van der Waals surface area contributed by atoms with Gasteiger partial charge >= 0.3 is 0 Å². The molecule has 0 aromatic heterocycles. The van der Waals surface area contributed by atoms with Gasteiger partial charge in [-0.2, -0.15) is 0 Å². The quantitative estimate of drug-likeness (QED) is 0.592. The molecule has 0 radical (unpaired) electrons. The molecule has 0 saturated carbocycles. The van der Waals surface area contributed by atoms with E-state index in [1.54, 1.807) is 0 Å². The van der Waals surface area contributed by atoms with Gasteiger partial charge in [-0.05, 0) is 23.3 Å². The van der Waals surface area contributed by atoms with E-state index < -0.39 is 11.6 Å². The summed E-state index contributed by atoms with van der Waals surface area (Å²) in [4.78, 5) is 0. The van der Waals surface area contributed by atoms with Gasteiger partial charge in [-0.15, -0.1) is 0 Å². The van der Waals surface area contributed by atoms with E-state index in [2.05, 4.69) is 13.2 Å². The van der Waals surface area contributed by atoms with E-state index in [1.807, 2.05) is 0 Å². The Hall–Kier alpha value is -1.44. The maximum atomic E-state index is 12.6. The number of hydrogen-bond donors (Lipinski definition) is 0. The number of hydrogen-bond acceptors (Lipinski definition) is 0. The zero-order valence-corrected chi connectivity index (χ0v) is 6.48. The first-order chi connectivity index (χ1) is 5.63. The molecule has 0 heterocycles. The summed E-state index contributed by atoms with van der Waals surface area (Å²) in [6.45, 7) is 7.03. The van der Waals surface area contributed by atoms with E-state index in [9.17, 15) is 8.78 Å². The summed E-state index contributed by atoms with van der Waals surface area (Å²) in [5.74, 6) is -1.21. The fourth-order valence-electron chi connectivity index (χ4n) is 0.857. The molecule has 1 aromatic carbocycles. The highest BCUT2D eigenvalue weighted by Gasteiger charge is 2.00. The number of benzene rings is 1. The van der Waals surface area contributed by atoms with Gasteiger partial charge in [0.15, 0.2) is 0 Å². The van der Waals surface area contributed by atoms with E-state index in [0.717, 1.165) is 6.07 Å². The first-order valence-corrected chi connectivity index (χ1v) is 3.41. The van der Waals surface area contributed by atoms with Crippen LogP contribution >= 0.6 is 0 Å². The van der Waals surface area contributed by atoms with Crippen molar-refractivity contribution in [3.63, 3.8) is 0 Å². The minimum Gasteiger partial charge on any atom is -0.207 e. The summed E-state index contributed by atoms with van der Waals surface area (Å²) in [7, 11) is 0. The SMILES string of the molecule is C=CC(=C)c1cc(F)cc(F)c1. The molecule has 0 bridgehead atoms. The van der Waals surface area contributed by atoms with E-state index in [-0.39, 0.29) is 0 Å². The van der Waals surface area contributed by atoms with Gasteiger partial charge in [-0.25, -0.2) is 8.78 Å². The number of rotatable bonds is 2. The average Bonchev–Trinajstić information content (AvgIpc) is 2.01. The van der Waals surface area contributed by atoms with E-state index in [0.29, 0.717) is 11.1 Å². The lowest BCUT2D eigenvalue weighted by molar-refractivity contribution is 0.582. The molecule has 0 unspecified atom stereocenters. The smallest absolute Gasteiger partial charge is 0.126 e. The molecule has 0 aliphatic carbocycles. The van der Waals surface area contributed by atoms with Crippen LogP contribution in [-0.4, -0.2) is 0 Å². The van der Waals surface area contributed by atoms with Crippen LogP contribution in [0.1, 0.15) is 5.56 Å². The molecule has 0 N–H and O–H groups in total. The second-order valence-electron chi connectivity index (χ2n) is 2.39. The molecule has 0 aliphatic rings. The van der Waals surface area contributed by atoms with E-state index in [4.69, 9.17) is 0 Å². The van der Waals surface area contributed by atoms with Crippen molar-refractivity contribution in [2.45, 2.75) is 0 Å². The molecule has 0 saturated heterocycles. The van der Waals surface area contributed by atoms with Crippen LogP contribution in [0, 0.1) is 11.6 Å². The van der Waals surface area contributed by atoms with Crippen LogP contribution in [-0.2, 0) is 0 Å². The average molecular weight is 166 g/mol. The highest BCUT2D eigenvalue weighted by Crippen LogP contribution is 2.16. The van der Waals surface area contributed by atoms with Crippen molar-refractivity contribution in [2.75, 3.05) is 0 Å². The molecule has 1 rings (SSSR count). The second kappa shape index (κ2) is 3.30. The van der Waals surface area contributed by atoms with Crippen molar-refractivity contribution in [3.05, 3.63) is 54.6 Å². The Bertz CT molecular complexity index is 306. The number of allylic oxidation sites excluding steroid dienone is 2. The monoisotopic (exact) mass is 166 g/mol. The summed E-state index contributed by atoms with van der Waals surface area (Å²) in [6, 6.07) is 3.25. The molecule has 0 nitrogen and oxygen atoms in total. The van der Waals surface area contributed by atoms with Gasteiger partial charge in [-0.1, -0.05) is 19.2 Å². The van der Waals surface area contributed by atoms with Gasteiger partial charge in [0.1, 0.15) is 11.6 Å². The normalized spacial score (nSPS) is 9.50. The van der Waals surface area contributed by atoms with Gasteiger partial charge < -0.3 is 0 Å². The maximum Gasteiger partial charge on any atom is 0.126 e. The third kappa shape index (κ3) is 1.78. The molecular formula is C10H8F2. The topological polar surface area (TPSA) is 0 Å². The first kappa shape index (κ1) is 8.65. The van der Waals surface area contributed by atoms with Crippen LogP contribution in [0.4, 0.5) is 8.78 Å². The minimum absolute atomic E-state index is 0.419. The Labute approximate surface area is 69.8 Å². The summed E-state index contributed by atoms with van der Waals surface area (Å²) >= 11 is 0. The van der Waals surface area contributed by atoms with E-state index in [1.165, 1.54) is 18.2 Å². The zero-order valence-electron chi connectivity index (χ0n) is 6.48. The van der Waals surface area contributed by atoms with Crippen LogP contribution in [0.2, 0.25) is 0 Å². The van der Waals surface area contributed by atoms with Crippen LogP contribution in [0.25, 0.3) is 5.57 Å². The first-order valence-electron chi connectivity index (χ1n) is 3.41. The molecule has 62 valence electrons. The molecule has 0 fully saturated rings. The highest BCUT2D eigenvalue weighted by atomic mass is 19.1. The molecule has 0 amide bonds. The highest BCUT2D eigenvalue weighted by molar-refractivity contribution is 5.71. The third-order valence-electron chi connectivity index (χ3n) is 1.48. The second-order valence-corrected chi connectivity index (χ2v) is 2.39. The Kier molecular flexibility index (Phi) is 2.38. The van der Waals surface area contributed by atoms with Gasteiger partial charge in [0.05, 0.1) is 0 Å². The van der Waals surface area contributed by atoms with Gasteiger partial charge in [-0.3, -0.25) is 0 Å². The summed E-state index contributed by atoms with van der Waals surface area (Å²) in [5.41, 5.74) is 0.927. The molecule has 1 aromatic rings. The lowest BCUT2D eigenvalue weighted by Gasteiger charge is -1.99. The molecule has 12 heavy (non-hydrogen) atoms. The van der Waals surface area contributed by atoms with Gasteiger partial charge in [0.25, 0.3) is 0 Å². The number of halogens is 2. The van der Waals surface area contributed by atoms with Gasteiger partial charge in [0, 0.05) is 6.07 Å². The predicted octanol–water partition coefficient (Wildman–Crippen LogP) is 3.16. The maximum absolute atomic E-state index is 12.6. The van der Waals surface area contributed by atoms with Crippen molar-refractivity contribution in [3.8, 4) is 0 Å². The Balaban J connectivity index is 3.17. The molecular weight excluding hydrogens is 158 g/mol. The Morgan fingerprint density at radius 2 is 1.67 bits per heavy atom. The van der Waals surface area contributed by atoms with Crippen LogP contribution in [0.3, 0.4) is 0 Å². The van der Waals surface area contributed by atoms with Crippen molar-refractivity contribution in [1.29, 1.82) is 0 Å². The largest absolute Gasteiger partial charge is 0.207 e. The summed E-state index contributed by atoms with van der Waals surface area (Å²) < 4.78 is 25.2. The van der Waals surface area contributed by atoms with Crippen molar-refractivity contribution < 1.29 is 8.78 Å². The molecule has 0 atom stereocenters. The van der Waals surface area contributed by atoms with Crippen LogP contribution in [0.5, 0.6) is 0 Å². The Morgan fingerprint density at radius 3 is 2.08 bits per heavy atom. The van der Waals surface area contributed by atoms with Gasteiger partial charge in [0.2, 0.25) is 0 Å². The van der Waals surface area contributed by atoms with E-state index >= 15 is 0 Å². The third-order valence-corrected chi connectivity index (χ3v) is 1.48. The lowest BCUT2D eigenvalue weighted by atomic mass is 10.1. The standard InChI is InChI=1S/C10H8F2/c1-3-7(2)8-4-9(11)6-10(12)5-8/h3-6H,1-2H2. The summed E-state index contributed by atoms with van der Waals surface area (Å²) in [5, 5.41) is 0. The molecule has 0 aliphatic heterocycles. The molecule has 0 spiro atoms. The fourth-order valence-corrected chi connectivity index (χ4v) is 0.857. The fraction of sp³-hybridized carbons (Fsp3) is 0. The zero-order chi connectivity index (χ0) is 9.14. The lowest BCUT2D eigenvalue weighted by Crippen LogP contribution is -1.85. The van der Waals surface area contributed by atoms with Crippen molar-refractivity contribution in [1.82, 2.24) is 0 Å². The molecule has 2 heteroatoms. The summed E-state index contributed by atoms with van der Waals surface area (Å²) in [6.07, 6.45) is 1.45.